The van der Waals surface area contributed by atoms with E-state index in [4.69, 9.17) is 5.11 Å². The first-order valence-electron chi connectivity index (χ1n) is 5.31. The quantitative estimate of drug-likeness (QED) is 0.809. The Morgan fingerprint density at radius 3 is 2.50 bits per heavy atom. The van der Waals surface area contributed by atoms with Crippen molar-refractivity contribution in [3.05, 3.63) is 34.9 Å². The number of Topliss-reactive ketones (excluding diaryl/α,β-unsaturated/α-hetero) is 1. The largest absolute Gasteiger partial charge is 0.415 e. The molecule has 0 bridgehead atoms. The molecule has 98 valence electrons. The molecule has 6 heteroatoms. The zero-order chi connectivity index (χ0) is 13.7. The minimum absolute atomic E-state index is 0.0430. The van der Waals surface area contributed by atoms with Crippen LogP contribution in [-0.2, 0) is 0 Å². The lowest BCUT2D eigenvalue weighted by Crippen LogP contribution is -2.40. The lowest BCUT2D eigenvalue weighted by molar-refractivity contribution is -0.221. The Labute approximate surface area is 101 Å². The summed E-state index contributed by atoms with van der Waals surface area (Å²) < 4.78 is 37.3. The molecule has 1 aliphatic carbocycles. The van der Waals surface area contributed by atoms with Gasteiger partial charge in [-0.2, -0.15) is 13.2 Å². The number of benzene rings is 1. The number of halogens is 3. The Morgan fingerprint density at radius 1 is 1.33 bits per heavy atom. The molecule has 0 fully saturated rings. The van der Waals surface area contributed by atoms with Gasteiger partial charge in [0.05, 0.1) is 12.0 Å². The van der Waals surface area contributed by atoms with Gasteiger partial charge in [-0.25, -0.2) is 0 Å². The second kappa shape index (κ2) is 4.07. The molecule has 2 rings (SSSR count). The molecule has 0 saturated carbocycles. The monoisotopic (exact) mass is 260 g/mol. The van der Waals surface area contributed by atoms with Crippen molar-refractivity contribution in [2.75, 3.05) is 0 Å². The molecule has 18 heavy (non-hydrogen) atoms. The number of hydrogen-bond donors (Lipinski definition) is 2. The minimum atomic E-state index is -4.93. The van der Waals surface area contributed by atoms with Crippen molar-refractivity contribution < 1.29 is 28.2 Å². The number of ketones is 1. The molecule has 0 heterocycles. The van der Waals surface area contributed by atoms with Gasteiger partial charge in [0.1, 0.15) is 0 Å². The highest BCUT2D eigenvalue weighted by molar-refractivity contribution is 6.03. The molecule has 0 spiro atoms. The normalized spacial score (nSPS) is 25.1. The Balaban J connectivity index is 2.43. The molecule has 1 aromatic carbocycles. The van der Waals surface area contributed by atoms with Crippen LogP contribution in [0.1, 0.15) is 27.6 Å². The molecular formula is C12H11F3O3. The highest BCUT2D eigenvalue weighted by atomic mass is 19.4. The van der Waals surface area contributed by atoms with Crippen molar-refractivity contribution >= 4 is 5.78 Å². The molecule has 0 radical (unpaired) electrons. The summed E-state index contributed by atoms with van der Waals surface area (Å²) in [6, 6.07) is 4.41. The first kappa shape index (κ1) is 13.0. The fourth-order valence-electron chi connectivity index (χ4n) is 2.19. The summed E-state index contributed by atoms with van der Waals surface area (Å²) in [4.78, 5) is 11.8. The van der Waals surface area contributed by atoms with Gasteiger partial charge in [-0.15, -0.1) is 0 Å². The van der Waals surface area contributed by atoms with Gasteiger partial charge in [0.2, 0.25) is 0 Å². The van der Waals surface area contributed by atoms with E-state index >= 15 is 0 Å². The maximum Gasteiger partial charge on any atom is 0.415 e. The minimum Gasteiger partial charge on any atom is -0.388 e. The molecule has 1 aromatic rings. The van der Waals surface area contributed by atoms with E-state index in [1.807, 2.05) is 0 Å². The zero-order valence-electron chi connectivity index (χ0n) is 9.40. The maximum atomic E-state index is 12.4. The van der Waals surface area contributed by atoms with Gasteiger partial charge in [-0.05, 0) is 12.5 Å². The molecule has 0 aromatic heterocycles. The van der Waals surface area contributed by atoms with Crippen LogP contribution in [0.2, 0.25) is 0 Å². The maximum absolute atomic E-state index is 12.4. The highest BCUT2D eigenvalue weighted by Crippen LogP contribution is 2.42. The highest BCUT2D eigenvalue weighted by Gasteiger charge is 2.53. The zero-order valence-corrected chi connectivity index (χ0v) is 9.40. The van der Waals surface area contributed by atoms with Gasteiger partial charge in [0, 0.05) is 5.56 Å². The molecule has 1 aliphatic rings. The average molecular weight is 260 g/mol. The summed E-state index contributed by atoms with van der Waals surface area (Å²) in [5.41, 5.74) is 0.914. The van der Waals surface area contributed by atoms with Crippen LogP contribution in [0.4, 0.5) is 13.2 Å². The third-order valence-corrected chi connectivity index (χ3v) is 3.11. The van der Waals surface area contributed by atoms with Gasteiger partial charge in [-0.1, -0.05) is 23.8 Å². The second-order valence-electron chi connectivity index (χ2n) is 4.41. The summed E-state index contributed by atoms with van der Waals surface area (Å²) in [6.07, 6.45) is -9.41. The van der Waals surface area contributed by atoms with Crippen LogP contribution in [0, 0.1) is 12.8 Å². The number of hydrogen-bond acceptors (Lipinski definition) is 3. The van der Waals surface area contributed by atoms with Crippen LogP contribution >= 0.6 is 0 Å². The van der Waals surface area contributed by atoms with E-state index in [1.165, 1.54) is 12.1 Å². The summed E-state index contributed by atoms with van der Waals surface area (Å²) in [7, 11) is 0. The summed E-state index contributed by atoms with van der Waals surface area (Å²) in [6.45, 7) is 1.70. The number of alkyl halides is 3. The van der Waals surface area contributed by atoms with E-state index in [2.05, 4.69) is 0 Å². The molecule has 2 N–H and O–H groups in total. The van der Waals surface area contributed by atoms with E-state index in [-0.39, 0.29) is 11.1 Å². The Bertz CT molecular complexity index is 496. The molecule has 0 amide bonds. The van der Waals surface area contributed by atoms with Gasteiger partial charge in [0.15, 0.2) is 11.9 Å². The number of carbonyl (C=O) groups excluding carboxylic acids is 1. The first-order chi connectivity index (χ1) is 8.23. The standard InChI is InChI=1S/C12H11F3O3/c1-5-2-3-6-7(4-5)10(17)8(9(6)16)11(18)12(13,14)15/h2-4,8,10-11,17-18H,1H3. The number of carbonyl (C=O) groups is 1. The van der Waals surface area contributed by atoms with Gasteiger partial charge >= 0.3 is 6.18 Å². The van der Waals surface area contributed by atoms with Crippen LogP contribution in [0.15, 0.2) is 18.2 Å². The fourth-order valence-corrected chi connectivity index (χ4v) is 2.19. The van der Waals surface area contributed by atoms with E-state index in [9.17, 15) is 23.1 Å². The van der Waals surface area contributed by atoms with E-state index in [0.29, 0.717) is 0 Å². The number of aliphatic hydroxyl groups is 2. The van der Waals surface area contributed by atoms with Crippen LogP contribution in [0.3, 0.4) is 0 Å². The Kier molecular flexibility index (Phi) is 2.95. The van der Waals surface area contributed by atoms with Crippen molar-refractivity contribution in [2.24, 2.45) is 5.92 Å². The third-order valence-electron chi connectivity index (χ3n) is 3.11. The van der Waals surface area contributed by atoms with Crippen molar-refractivity contribution in [1.82, 2.24) is 0 Å². The molecule has 3 nitrogen and oxygen atoms in total. The number of rotatable bonds is 1. The van der Waals surface area contributed by atoms with Crippen LogP contribution in [0.5, 0.6) is 0 Å². The van der Waals surface area contributed by atoms with Crippen molar-refractivity contribution in [3.8, 4) is 0 Å². The van der Waals surface area contributed by atoms with E-state index < -0.39 is 30.1 Å². The van der Waals surface area contributed by atoms with Gasteiger partial charge < -0.3 is 10.2 Å². The van der Waals surface area contributed by atoms with Crippen LogP contribution in [0.25, 0.3) is 0 Å². The summed E-state index contributed by atoms with van der Waals surface area (Å²) in [5, 5.41) is 19.0. The predicted molar refractivity (Wildman–Crippen MR) is 56.0 cm³/mol. The molecule has 0 saturated heterocycles. The smallest absolute Gasteiger partial charge is 0.388 e. The van der Waals surface area contributed by atoms with Crippen LogP contribution < -0.4 is 0 Å². The summed E-state index contributed by atoms with van der Waals surface area (Å²) in [5.74, 6) is -2.75. The Morgan fingerprint density at radius 2 is 1.94 bits per heavy atom. The van der Waals surface area contributed by atoms with Crippen molar-refractivity contribution in [2.45, 2.75) is 25.3 Å². The lowest BCUT2D eigenvalue weighted by atomic mass is 9.95. The van der Waals surface area contributed by atoms with E-state index in [1.54, 1.807) is 13.0 Å². The molecule has 0 aliphatic heterocycles. The predicted octanol–water partition coefficient (Wildman–Crippen LogP) is 1.76. The SMILES string of the molecule is Cc1ccc2c(c1)C(O)C(C(O)C(F)(F)F)C2=O. The van der Waals surface area contributed by atoms with Crippen LogP contribution in [-0.4, -0.2) is 28.3 Å². The number of aryl methyl sites for hydroxylation is 1. The second-order valence-corrected chi connectivity index (χ2v) is 4.41. The number of aliphatic hydroxyl groups excluding tert-OH is 2. The fraction of sp³-hybridized carbons (Fsp3) is 0.417. The lowest BCUT2D eigenvalue weighted by Gasteiger charge is -2.22. The third kappa shape index (κ3) is 1.91. The van der Waals surface area contributed by atoms with Crippen molar-refractivity contribution in [3.63, 3.8) is 0 Å². The Hall–Kier alpha value is -1.40. The molecule has 3 atom stereocenters. The topological polar surface area (TPSA) is 57.5 Å². The average Bonchev–Trinajstić information content (AvgIpc) is 2.49. The number of fused-ring (bicyclic) bond motifs is 1. The van der Waals surface area contributed by atoms with E-state index in [0.717, 1.165) is 5.56 Å². The first-order valence-corrected chi connectivity index (χ1v) is 5.31. The van der Waals surface area contributed by atoms with Gasteiger partial charge in [0.25, 0.3) is 0 Å². The van der Waals surface area contributed by atoms with Crippen molar-refractivity contribution in [1.29, 1.82) is 0 Å². The molecular weight excluding hydrogens is 249 g/mol. The van der Waals surface area contributed by atoms with Gasteiger partial charge in [-0.3, -0.25) is 4.79 Å². The summed E-state index contributed by atoms with van der Waals surface area (Å²) >= 11 is 0. The molecule has 3 unspecified atom stereocenters.